The Kier molecular flexibility index (Phi) is 5.03. The van der Waals surface area contributed by atoms with Crippen molar-refractivity contribution < 1.29 is 19.4 Å². The minimum Gasteiger partial charge on any atom is -0.466 e. The summed E-state index contributed by atoms with van der Waals surface area (Å²) in [6.07, 6.45) is 0.174. The summed E-state index contributed by atoms with van der Waals surface area (Å²) >= 11 is 1.48. The molecule has 108 valence electrons. The van der Waals surface area contributed by atoms with Crippen LogP contribution in [0.1, 0.15) is 18.9 Å². The summed E-state index contributed by atoms with van der Waals surface area (Å²) in [7, 11) is 0. The van der Waals surface area contributed by atoms with Gasteiger partial charge in [0.1, 0.15) is 0 Å². The molecule has 0 bridgehead atoms. The van der Waals surface area contributed by atoms with Crippen molar-refractivity contribution >= 4 is 29.3 Å². The number of anilines is 1. The molecule has 0 saturated heterocycles. The lowest BCUT2D eigenvalue weighted by Gasteiger charge is -2.29. The average molecular weight is 295 g/mol. The van der Waals surface area contributed by atoms with Crippen LogP contribution in [0.4, 0.5) is 5.69 Å². The highest BCUT2D eigenvalue weighted by molar-refractivity contribution is 8.00. The highest BCUT2D eigenvalue weighted by Crippen LogP contribution is 2.36. The summed E-state index contributed by atoms with van der Waals surface area (Å²) in [4.78, 5) is 26.0. The summed E-state index contributed by atoms with van der Waals surface area (Å²) in [6.45, 7) is 2.33. The van der Waals surface area contributed by atoms with Crippen molar-refractivity contribution in [1.29, 1.82) is 0 Å². The number of hydrogen-bond donors (Lipinski definition) is 1. The van der Waals surface area contributed by atoms with E-state index in [1.165, 1.54) is 11.8 Å². The van der Waals surface area contributed by atoms with E-state index in [-0.39, 0.29) is 24.9 Å². The van der Waals surface area contributed by atoms with Gasteiger partial charge in [-0.1, -0.05) is 6.07 Å². The summed E-state index contributed by atoms with van der Waals surface area (Å²) < 4.78 is 4.88. The number of carbonyl (C=O) groups is 2. The van der Waals surface area contributed by atoms with Crippen LogP contribution >= 0.6 is 11.8 Å². The Balaban J connectivity index is 2.16. The fourth-order valence-corrected chi connectivity index (χ4v) is 2.94. The SMILES string of the molecule is CCOC(=O)CCN1C(=O)CSc2ccc(CO)cc21. The number of nitrogens with zero attached hydrogens (tertiary/aromatic N) is 1. The molecule has 6 heteroatoms. The second-order valence-corrected chi connectivity index (χ2v) is 5.37. The Morgan fingerprint density at radius 2 is 2.30 bits per heavy atom. The van der Waals surface area contributed by atoms with Crippen molar-refractivity contribution in [2.45, 2.75) is 24.8 Å². The predicted octanol–water partition coefficient (Wildman–Crippen LogP) is 1.57. The normalized spacial score (nSPS) is 14.1. The number of aliphatic hydroxyl groups excluding tert-OH is 1. The first-order valence-corrected chi connectivity index (χ1v) is 7.46. The first kappa shape index (κ1) is 14.9. The fraction of sp³-hybridized carbons (Fsp3) is 0.429. The van der Waals surface area contributed by atoms with Crippen molar-refractivity contribution in [3.63, 3.8) is 0 Å². The molecule has 1 amide bonds. The van der Waals surface area contributed by atoms with E-state index >= 15 is 0 Å². The smallest absolute Gasteiger partial charge is 0.307 e. The molecule has 0 unspecified atom stereocenters. The van der Waals surface area contributed by atoms with Crippen molar-refractivity contribution in [3.8, 4) is 0 Å². The van der Waals surface area contributed by atoms with Crippen LogP contribution in [0.3, 0.4) is 0 Å². The maximum Gasteiger partial charge on any atom is 0.307 e. The lowest BCUT2D eigenvalue weighted by Crippen LogP contribution is -2.37. The topological polar surface area (TPSA) is 66.8 Å². The predicted molar refractivity (Wildman–Crippen MR) is 76.7 cm³/mol. The second-order valence-electron chi connectivity index (χ2n) is 4.35. The first-order chi connectivity index (χ1) is 9.65. The van der Waals surface area contributed by atoms with Crippen LogP contribution in [0, 0.1) is 0 Å². The van der Waals surface area contributed by atoms with Crippen LogP contribution in [-0.2, 0) is 20.9 Å². The third kappa shape index (κ3) is 3.32. The van der Waals surface area contributed by atoms with Gasteiger partial charge in [0.05, 0.1) is 31.1 Å². The Labute approximate surface area is 121 Å². The number of carbonyl (C=O) groups excluding carboxylic acids is 2. The molecule has 0 aromatic heterocycles. The molecule has 1 aromatic rings. The van der Waals surface area contributed by atoms with E-state index in [9.17, 15) is 14.7 Å². The fourth-order valence-electron chi connectivity index (χ4n) is 2.03. The molecule has 1 N–H and O–H groups in total. The molecule has 5 nitrogen and oxygen atoms in total. The number of hydrogen-bond acceptors (Lipinski definition) is 5. The number of ether oxygens (including phenoxy) is 1. The molecule has 0 aliphatic carbocycles. The molecule has 1 aliphatic heterocycles. The van der Waals surface area contributed by atoms with Crippen molar-refractivity contribution in [1.82, 2.24) is 0 Å². The van der Waals surface area contributed by atoms with Gasteiger partial charge in [0.15, 0.2) is 0 Å². The van der Waals surface area contributed by atoms with Crippen molar-refractivity contribution in [2.75, 3.05) is 23.8 Å². The zero-order chi connectivity index (χ0) is 14.5. The van der Waals surface area contributed by atoms with E-state index in [1.54, 1.807) is 17.9 Å². The zero-order valence-electron chi connectivity index (χ0n) is 11.3. The van der Waals surface area contributed by atoms with Gasteiger partial charge in [-0.2, -0.15) is 0 Å². The van der Waals surface area contributed by atoms with Crippen LogP contribution in [0.25, 0.3) is 0 Å². The average Bonchev–Trinajstić information content (AvgIpc) is 2.46. The van der Waals surface area contributed by atoms with Gasteiger partial charge in [0.25, 0.3) is 0 Å². The van der Waals surface area contributed by atoms with Gasteiger partial charge in [-0.25, -0.2) is 0 Å². The second kappa shape index (κ2) is 6.76. The maximum atomic E-state index is 12.0. The molecular weight excluding hydrogens is 278 g/mol. The monoisotopic (exact) mass is 295 g/mol. The summed E-state index contributed by atoms with van der Waals surface area (Å²) in [5.41, 5.74) is 1.52. The molecule has 0 spiro atoms. The van der Waals surface area contributed by atoms with E-state index in [4.69, 9.17) is 4.74 Å². The quantitative estimate of drug-likeness (QED) is 0.835. The molecule has 1 aromatic carbocycles. The Bertz CT molecular complexity index is 518. The molecule has 0 fully saturated rings. The zero-order valence-corrected chi connectivity index (χ0v) is 12.1. The Morgan fingerprint density at radius 1 is 1.50 bits per heavy atom. The van der Waals surface area contributed by atoms with E-state index in [0.717, 1.165) is 16.1 Å². The number of benzene rings is 1. The Morgan fingerprint density at radius 3 is 3.00 bits per heavy atom. The van der Waals surface area contributed by atoms with Crippen LogP contribution in [0.15, 0.2) is 23.1 Å². The minimum atomic E-state index is -0.307. The van der Waals surface area contributed by atoms with Gasteiger partial charge in [0, 0.05) is 11.4 Å². The van der Waals surface area contributed by atoms with Gasteiger partial charge >= 0.3 is 5.97 Å². The maximum absolute atomic E-state index is 12.0. The standard InChI is InChI=1S/C14H17NO4S/c1-2-19-14(18)5-6-15-11-7-10(8-16)3-4-12(11)20-9-13(15)17/h3-4,7,16H,2,5-6,8-9H2,1H3. The van der Waals surface area contributed by atoms with E-state index in [0.29, 0.717) is 18.9 Å². The lowest BCUT2D eigenvalue weighted by molar-refractivity contribution is -0.142. The van der Waals surface area contributed by atoms with E-state index in [2.05, 4.69) is 0 Å². The number of amides is 1. The molecule has 1 heterocycles. The van der Waals surface area contributed by atoms with Crippen LogP contribution in [0.2, 0.25) is 0 Å². The van der Waals surface area contributed by atoms with E-state index in [1.807, 2.05) is 12.1 Å². The lowest BCUT2D eigenvalue weighted by atomic mass is 10.2. The molecule has 0 atom stereocenters. The highest BCUT2D eigenvalue weighted by atomic mass is 32.2. The van der Waals surface area contributed by atoms with Gasteiger partial charge in [-0.3, -0.25) is 9.59 Å². The van der Waals surface area contributed by atoms with Crippen LogP contribution in [0.5, 0.6) is 0 Å². The number of thioether (sulfide) groups is 1. The van der Waals surface area contributed by atoms with Crippen molar-refractivity contribution in [3.05, 3.63) is 23.8 Å². The largest absolute Gasteiger partial charge is 0.466 e. The van der Waals surface area contributed by atoms with Gasteiger partial charge in [0.2, 0.25) is 5.91 Å². The third-order valence-corrected chi connectivity index (χ3v) is 4.04. The van der Waals surface area contributed by atoms with Crippen molar-refractivity contribution in [2.24, 2.45) is 0 Å². The molecular formula is C14H17NO4S. The molecule has 0 radical (unpaired) electrons. The minimum absolute atomic E-state index is 0.0260. The number of esters is 1. The molecule has 1 aliphatic rings. The van der Waals surface area contributed by atoms with E-state index < -0.39 is 0 Å². The summed E-state index contributed by atoms with van der Waals surface area (Å²) in [6, 6.07) is 5.53. The molecule has 20 heavy (non-hydrogen) atoms. The number of fused-ring (bicyclic) bond motifs is 1. The first-order valence-electron chi connectivity index (χ1n) is 6.48. The van der Waals surface area contributed by atoms with Crippen LogP contribution in [-0.4, -0.2) is 35.9 Å². The van der Waals surface area contributed by atoms with Crippen LogP contribution < -0.4 is 4.90 Å². The molecule has 2 rings (SSSR count). The third-order valence-electron chi connectivity index (χ3n) is 2.99. The summed E-state index contributed by atoms with van der Waals surface area (Å²) in [5.74, 6) is 0.0363. The number of rotatable bonds is 5. The summed E-state index contributed by atoms with van der Waals surface area (Å²) in [5, 5.41) is 9.20. The molecule has 0 saturated carbocycles. The Hall–Kier alpha value is -1.53. The van der Waals surface area contributed by atoms with Gasteiger partial charge in [-0.15, -0.1) is 11.8 Å². The van der Waals surface area contributed by atoms with Gasteiger partial charge < -0.3 is 14.7 Å². The van der Waals surface area contributed by atoms with Gasteiger partial charge in [-0.05, 0) is 24.6 Å². The highest BCUT2D eigenvalue weighted by Gasteiger charge is 2.25. The number of aliphatic hydroxyl groups is 1.